The van der Waals surface area contributed by atoms with Gasteiger partial charge in [-0.05, 0) is 79.5 Å². The van der Waals surface area contributed by atoms with Gasteiger partial charge in [-0.1, -0.05) is 97.1 Å². The number of aliphatic carboxylic acids is 1. The second kappa shape index (κ2) is 14.3. The average molecular weight is 651 g/mol. The first-order chi connectivity index (χ1) is 23.1. The molecule has 0 spiro atoms. The molecule has 0 aliphatic carbocycles. The molecule has 0 unspecified atom stereocenters. The summed E-state index contributed by atoms with van der Waals surface area (Å²) in [5.41, 5.74) is 5.06. The van der Waals surface area contributed by atoms with E-state index in [1.807, 2.05) is 60.7 Å². The Morgan fingerprint density at radius 3 is 2.10 bits per heavy atom. The van der Waals surface area contributed by atoms with E-state index < -0.39 is 35.2 Å². The van der Waals surface area contributed by atoms with Crippen LogP contribution in [-0.2, 0) is 55.6 Å². The van der Waals surface area contributed by atoms with Gasteiger partial charge in [0.1, 0.15) is 6.10 Å². The number of hydrogen-bond acceptors (Lipinski definition) is 6. The molecule has 2 bridgehead atoms. The summed E-state index contributed by atoms with van der Waals surface area (Å²) in [4.78, 5) is 10.9. The van der Waals surface area contributed by atoms with Crippen molar-refractivity contribution < 1.29 is 34.0 Å². The van der Waals surface area contributed by atoms with Gasteiger partial charge in [0.25, 0.3) is 0 Å². The Hall–Kier alpha value is -3.85. The molecule has 2 heterocycles. The Kier molecular flexibility index (Phi) is 10.2. The van der Waals surface area contributed by atoms with Crippen LogP contribution in [0.5, 0.6) is 0 Å². The van der Waals surface area contributed by atoms with E-state index in [2.05, 4.69) is 49.4 Å². The first kappa shape index (κ1) is 34.0. The Bertz CT molecular complexity index is 1670. The molecular weight excluding hydrogens is 604 g/mol. The number of hydrogen-bond donors (Lipinski definition) is 2. The molecule has 4 aromatic rings. The van der Waals surface area contributed by atoms with Crippen molar-refractivity contribution in [3.8, 4) is 0 Å². The predicted molar refractivity (Wildman–Crippen MR) is 183 cm³/mol. The maximum atomic E-state index is 11.8. The van der Waals surface area contributed by atoms with Gasteiger partial charge >= 0.3 is 5.97 Å². The third-order valence-corrected chi connectivity index (χ3v) is 9.81. The smallest absolute Gasteiger partial charge is 0.303 e. The fourth-order valence-corrected chi connectivity index (χ4v) is 6.91. The van der Waals surface area contributed by atoms with Crippen LogP contribution in [0.4, 0.5) is 0 Å². The van der Waals surface area contributed by atoms with Gasteiger partial charge in [0.15, 0.2) is 11.4 Å². The maximum absolute atomic E-state index is 11.8. The molecule has 252 valence electrons. The summed E-state index contributed by atoms with van der Waals surface area (Å²) >= 11 is 0. The average Bonchev–Trinajstić information content (AvgIpc) is 3.42. The van der Waals surface area contributed by atoms with E-state index in [0.29, 0.717) is 26.1 Å². The monoisotopic (exact) mass is 650 g/mol. The normalized spacial score (nSPS) is 23.7. The van der Waals surface area contributed by atoms with Gasteiger partial charge in [0, 0.05) is 18.4 Å². The van der Waals surface area contributed by atoms with Crippen LogP contribution >= 0.6 is 0 Å². The highest BCUT2D eigenvalue weighted by Gasteiger charge is 2.69. The summed E-state index contributed by atoms with van der Waals surface area (Å²) in [7, 11) is 0. The summed E-state index contributed by atoms with van der Waals surface area (Å²) < 4.78 is 27.0. The lowest BCUT2D eigenvalue weighted by Crippen LogP contribution is -2.67. The zero-order valence-electron chi connectivity index (χ0n) is 28.1. The molecule has 4 aromatic carbocycles. The van der Waals surface area contributed by atoms with Crippen molar-refractivity contribution in [3.05, 3.63) is 142 Å². The number of fused-ring (bicyclic) bond motifs is 2. The number of benzene rings is 4. The predicted octanol–water partition coefficient (Wildman–Crippen LogP) is 7.28. The molecule has 48 heavy (non-hydrogen) atoms. The van der Waals surface area contributed by atoms with E-state index >= 15 is 0 Å². The number of aliphatic hydroxyl groups is 1. The summed E-state index contributed by atoms with van der Waals surface area (Å²) in [6, 6.07) is 34.8. The van der Waals surface area contributed by atoms with Crippen LogP contribution in [0.2, 0.25) is 0 Å². The summed E-state index contributed by atoms with van der Waals surface area (Å²) in [5, 5.41) is 20.7. The molecule has 2 saturated heterocycles. The van der Waals surface area contributed by atoms with Gasteiger partial charge in [-0.2, -0.15) is 0 Å². The van der Waals surface area contributed by atoms with Crippen LogP contribution in [-0.4, -0.2) is 46.2 Å². The van der Waals surface area contributed by atoms with Crippen LogP contribution in [0.3, 0.4) is 0 Å². The lowest BCUT2D eigenvalue weighted by molar-refractivity contribution is -0.323. The third-order valence-electron chi connectivity index (χ3n) is 9.81. The Labute approximate surface area is 283 Å². The number of aryl methyl sites for hydroxylation is 2. The minimum Gasteiger partial charge on any atom is -0.481 e. The Balaban J connectivity index is 1.29. The first-order valence-electron chi connectivity index (χ1n) is 16.8. The van der Waals surface area contributed by atoms with Gasteiger partial charge in [0.2, 0.25) is 0 Å². The number of carbonyl (C=O) groups is 1. The molecule has 0 amide bonds. The van der Waals surface area contributed by atoms with E-state index in [0.717, 1.165) is 51.8 Å². The van der Waals surface area contributed by atoms with Crippen molar-refractivity contribution in [2.45, 2.75) is 95.3 Å². The number of carboxylic acids is 1. The van der Waals surface area contributed by atoms with E-state index in [4.69, 9.17) is 24.1 Å². The molecule has 0 saturated carbocycles. The highest BCUT2D eigenvalue weighted by atomic mass is 16.8. The highest BCUT2D eigenvalue weighted by molar-refractivity contribution is 5.66. The Morgan fingerprint density at radius 2 is 1.48 bits per heavy atom. The second-order valence-corrected chi connectivity index (χ2v) is 13.7. The number of carboxylic acid groups (broad SMARTS) is 1. The van der Waals surface area contributed by atoms with Gasteiger partial charge in [-0.3, -0.25) is 4.79 Å². The molecule has 7 heteroatoms. The maximum Gasteiger partial charge on any atom is 0.303 e. The second-order valence-electron chi connectivity index (χ2n) is 13.7. The third kappa shape index (κ3) is 7.41. The van der Waals surface area contributed by atoms with Crippen LogP contribution in [0.25, 0.3) is 0 Å². The van der Waals surface area contributed by atoms with Crippen molar-refractivity contribution in [1.82, 2.24) is 0 Å². The molecule has 6 rings (SSSR count). The van der Waals surface area contributed by atoms with Crippen LogP contribution in [0.1, 0.15) is 72.1 Å². The van der Waals surface area contributed by atoms with Crippen LogP contribution in [0.15, 0.2) is 103 Å². The lowest BCUT2D eigenvalue weighted by Gasteiger charge is -2.51. The SMILES string of the molecule is Cc1ccc([C@]23C[C@@H](OCc4ccccc4)[C@H](OCc4ccccc4)[C@](C(C)(C)O)(CO2)O3)cc1Cc1ccc(CCCC(=O)O)cc1. The topological polar surface area (TPSA) is 94.5 Å². The van der Waals surface area contributed by atoms with Gasteiger partial charge in [0.05, 0.1) is 31.5 Å². The minimum absolute atomic E-state index is 0.147. The van der Waals surface area contributed by atoms with Gasteiger partial charge in [-0.25, -0.2) is 0 Å². The molecule has 2 N–H and O–H groups in total. The van der Waals surface area contributed by atoms with E-state index in [9.17, 15) is 9.90 Å². The van der Waals surface area contributed by atoms with Gasteiger partial charge in [-0.15, -0.1) is 0 Å². The molecule has 0 aromatic heterocycles. The van der Waals surface area contributed by atoms with Crippen molar-refractivity contribution in [2.24, 2.45) is 0 Å². The number of ether oxygens (including phenoxy) is 4. The van der Waals surface area contributed by atoms with Crippen molar-refractivity contribution in [1.29, 1.82) is 0 Å². The quantitative estimate of drug-likeness (QED) is 0.148. The zero-order valence-corrected chi connectivity index (χ0v) is 28.1. The fraction of sp³-hybridized carbons (Fsp3) is 0.390. The van der Waals surface area contributed by atoms with Crippen LogP contribution in [0, 0.1) is 6.92 Å². The van der Waals surface area contributed by atoms with Crippen molar-refractivity contribution in [3.63, 3.8) is 0 Å². The minimum atomic E-state index is -1.31. The molecule has 2 fully saturated rings. The van der Waals surface area contributed by atoms with Crippen molar-refractivity contribution >= 4 is 5.97 Å². The molecule has 0 radical (unpaired) electrons. The van der Waals surface area contributed by atoms with E-state index in [1.165, 1.54) is 0 Å². The lowest BCUT2D eigenvalue weighted by atomic mass is 9.75. The standard InChI is InChI=1S/C41H46O7/c1-29-17-22-35(24-34(29)23-31-20-18-30(19-21-31)15-10-16-37(42)43)41-25-36(45-26-32-11-6-4-7-12-32)38(46-27-33-13-8-5-9-14-33)40(48-41,28-47-41)39(2,3)44/h4-9,11-14,17-22,24,36,38,44H,10,15-16,23,25-28H2,1-3H3,(H,42,43)/t36-,38+,40+,41-/m1/s1. The van der Waals surface area contributed by atoms with Gasteiger partial charge < -0.3 is 29.2 Å². The van der Waals surface area contributed by atoms with E-state index in [1.54, 1.807) is 13.8 Å². The first-order valence-corrected chi connectivity index (χ1v) is 16.8. The van der Waals surface area contributed by atoms with Crippen molar-refractivity contribution in [2.75, 3.05) is 6.61 Å². The summed E-state index contributed by atoms with van der Waals surface area (Å²) in [5.74, 6) is -1.90. The molecule has 2 aliphatic rings. The Morgan fingerprint density at radius 1 is 0.854 bits per heavy atom. The summed E-state index contributed by atoms with van der Waals surface area (Å²) in [6.45, 7) is 6.51. The molecule has 2 aliphatic heterocycles. The fourth-order valence-electron chi connectivity index (χ4n) is 6.91. The van der Waals surface area contributed by atoms with E-state index in [-0.39, 0.29) is 13.0 Å². The van der Waals surface area contributed by atoms with Crippen LogP contribution < -0.4 is 0 Å². The molecule has 7 nitrogen and oxygen atoms in total. The largest absolute Gasteiger partial charge is 0.481 e. The molecule has 4 atom stereocenters. The molecular formula is C41H46O7. The zero-order chi connectivity index (χ0) is 33.8. The summed E-state index contributed by atoms with van der Waals surface area (Å²) in [6.07, 6.45) is 1.62. The highest BCUT2D eigenvalue weighted by Crippen LogP contribution is 2.55. The number of rotatable bonds is 14.